The normalized spacial score (nSPS) is 16.6. The summed E-state index contributed by atoms with van der Waals surface area (Å²) in [5, 5.41) is 3.15. The van der Waals surface area contributed by atoms with Crippen LogP contribution >= 0.6 is 0 Å². The van der Waals surface area contributed by atoms with Gasteiger partial charge in [0.25, 0.3) is 0 Å². The van der Waals surface area contributed by atoms with Gasteiger partial charge in [-0.25, -0.2) is 0 Å². The molecule has 0 aliphatic carbocycles. The quantitative estimate of drug-likeness (QED) is 0.745. The largest absolute Gasteiger partial charge is 0.496 e. The first kappa shape index (κ1) is 19.7. The number of hydrogen-bond acceptors (Lipinski definition) is 4. The van der Waals surface area contributed by atoms with E-state index in [0.29, 0.717) is 24.9 Å². The zero-order valence-electron chi connectivity index (χ0n) is 15.8. The van der Waals surface area contributed by atoms with E-state index in [9.17, 15) is 4.79 Å². The Morgan fingerprint density at radius 1 is 1.24 bits per heavy atom. The van der Waals surface area contributed by atoms with Crippen LogP contribution in [0.5, 0.6) is 5.75 Å². The number of hydrogen-bond donors (Lipinski definition) is 1. The van der Waals surface area contributed by atoms with Gasteiger partial charge in [-0.3, -0.25) is 9.69 Å². The van der Waals surface area contributed by atoms with Gasteiger partial charge >= 0.3 is 0 Å². The highest BCUT2D eigenvalue weighted by Crippen LogP contribution is 2.20. The predicted octanol–water partition coefficient (Wildman–Crippen LogP) is 2.49. The third-order valence-electron chi connectivity index (χ3n) is 5.16. The number of para-hydroxylation sites is 1. The lowest BCUT2D eigenvalue weighted by Gasteiger charge is -2.38. The summed E-state index contributed by atoms with van der Waals surface area (Å²) in [5.41, 5.74) is 0.924. The number of nitrogens with one attached hydrogen (secondary N) is 1. The Hall–Kier alpha value is -1.59. The summed E-state index contributed by atoms with van der Waals surface area (Å²) in [6, 6.07) is 8.07. The molecule has 1 aromatic carbocycles. The fraction of sp³-hybridized carbons (Fsp3) is 0.650. The number of rotatable bonds is 9. The summed E-state index contributed by atoms with van der Waals surface area (Å²) in [5.74, 6) is 1.40. The number of morpholine rings is 1. The van der Waals surface area contributed by atoms with Crippen molar-refractivity contribution in [3.63, 3.8) is 0 Å². The Kier molecular flexibility index (Phi) is 8.22. The zero-order chi connectivity index (χ0) is 18.1. The second-order valence-electron chi connectivity index (χ2n) is 6.58. The fourth-order valence-electron chi connectivity index (χ4n) is 3.64. The topological polar surface area (TPSA) is 50.8 Å². The molecular formula is C20H32N2O3. The molecule has 1 aromatic rings. The molecule has 25 heavy (non-hydrogen) atoms. The van der Waals surface area contributed by atoms with Crippen LogP contribution in [0.25, 0.3) is 0 Å². The number of nitrogens with zero attached hydrogens (tertiary/aromatic N) is 1. The fourth-order valence-corrected chi connectivity index (χ4v) is 3.64. The van der Waals surface area contributed by atoms with Gasteiger partial charge in [-0.1, -0.05) is 44.9 Å². The molecule has 0 aromatic heterocycles. The molecular weight excluding hydrogens is 316 g/mol. The van der Waals surface area contributed by atoms with E-state index in [0.717, 1.165) is 50.5 Å². The number of carbonyl (C=O) groups is 1. The van der Waals surface area contributed by atoms with E-state index in [1.54, 1.807) is 7.11 Å². The summed E-state index contributed by atoms with van der Waals surface area (Å²) in [7, 11) is 1.64. The van der Waals surface area contributed by atoms with Crippen molar-refractivity contribution in [3.8, 4) is 5.75 Å². The van der Waals surface area contributed by atoms with E-state index in [1.807, 2.05) is 24.3 Å². The van der Waals surface area contributed by atoms with Crippen LogP contribution in [0.15, 0.2) is 24.3 Å². The van der Waals surface area contributed by atoms with Crippen LogP contribution < -0.4 is 10.1 Å². The maximum atomic E-state index is 12.5. The molecule has 1 aliphatic rings. The molecule has 1 aliphatic heterocycles. The van der Waals surface area contributed by atoms with Crippen molar-refractivity contribution in [2.45, 2.75) is 39.2 Å². The molecule has 0 bridgehead atoms. The van der Waals surface area contributed by atoms with Gasteiger partial charge in [0.1, 0.15) is 5.75 Å². The number of benzene rings is 1. The summed E-state index contributed by atoms with van der Waals surface area (Å²) in [6.45, 7) is 8.63. The van der Waals surface area contributed by atoms with Gasteiger partial charge in [-0.05, 0) is 12.0 Å². The molecule has 1 saturated heterocycles. The van der Waals surface area contributed by atoms with Crippen molar-refractivity contribution in [1.82, 2.24) is 10.2 Å². The standard InChI is InChI=1S/C20H32N2O3/c1-4-16(5-2)18(22-10-12-25-13-11-22)15-21-20(23)14-17-8-6-7-9-19(17)24-3/h6-9,16,18H,4-5,10-15H2,1-3H3,(H,21,23). The molecule has 140 valence electrons. The monoisotopic (exact) mass is 348 g/mol. The zero-order valence-corrected chi connectivity index (χ0v) is 15.8. The minimum Gasteiger partial charge on any atom is -0.496 e. The molecule has 1 N–H and O–H groups in total. The lowest BCUT2D eigenvalue weighted by molar-refractivity contribution is -0.121. The van der Waals surface area contributed by atoms with Crippen LogP contribution in [-0.2, 0) is 16.0 Å². The first-order valence-electron chi connectivity index (χ1n) is 9.39. The van der Waals surface area contributed by atoms with Gasteiger partial charge in [0.15, 0.2) is 0 Å². The third kappa shape index (κ3) is 5.72. The van der Waals surface area contributed by atoms with Gasteiger partial charge in [0.05, 0.1) is 26.7 Å². The lowest BCUT2D eigenvalue weighted by atomic mass is 9.92. The van der Waals surface area contributed by atoms with Crippen LogP contribution in [0.1, 0.15) is 32.3 Å². The third-order valence-corrected chi connectivity index (χ3v) is 5.16. The van der Waals surface area contributed by atoms with Crippen molar-refractivity contribution in [2.24, 2.45) is 5.92 Å². The summed E-state index contributed by atoms with van der Waals surface area (Å²) in [6.07, 6.45) is 2.60. The Morgan fingerprint density at radius 3 is 2.56 bits per heavy atom. The molecule has 0 spiro atoms. The van der Waals surface area contributed by atoms with Gasteiger partial charge in [0, 0.05) is 31.2 Å². The first-order valence-corrected chi connectivity index (χ1v) is 9.39. The average Bonchev–Trinajstić information content (AvgIpc) is 2.66. The highest BCUT2D eigenvalue weighted by Gasteiger charge is 2.27. The number of methoxy groups -OCH3 is 1. The molecule has 1 unspecified atom stereocenters. The van der Waals surface area contributed by atoms with Crippen LogP contribution in [0.3, 0.4) is 0 Å². The van der Waals surface area contributed by atoms with Crippen LogP contribution in [0, 0.1) is 5.92 Å². The smallest absolute Gasteiger partial charge is 0.224 e. The van der Waals surface area contributed by atoms with Crippen molar-refractivity contribution in [1.29, 1.82) is 0 Å². The van der Waals surface area contributed by atoms with Crippen molar-refractivity contribution in [3.05, 3.63) is 29.8 Å². The molecule has 5 nitrogen and oxygen atoms in total. The molecule has 0 radical (unpaired) electrons. The number of carbonyl (C=O) groups excluding carboxylic acids is 1. The highest BCUT2D eigenvalue weighted by molar-refractivity contribution is 5.79. The average molecular weight is 348 g/mol. The molecule has 1 heterocycles. The van der Waals surface area contributed by atoms with Gasteiger partial charge in [0.2, 0.25) is 5.91 Å². The molecule has 5 heteroatoms. The van der Waals surface area contributed by atoms with Gasteiger partial charge < -0.3 is 14.8 Å². The molecule has 2 rings (SSSR count). The van der Waals surface area contributed by atoms with Crippen LogP contribution in [0.2, 0.25) is 0 Å². The molecule has 1 amide bonds. The molecule has 1 fully saturated rings. The van der Waals surface area contributed by atoms with Crippen molar-refractivity contribution >= 4 is 5.91 Å². The SMILES string of the molecule is CCC(CC)C(CNC(=O)Cc1ccccc1OC)N1CCOCC1. The maximum Gasteiger partial charge on any atom is 0.224 e. The van der Waals surface area contributed by atoms with E-state index in [1.165, 1.54) is 0 Å². The second kappa shape index (κ2) is 10.4. The Labute approximate surface area is 151 Å². The predicted molar refractivity (Wildman–Crippen MR) is 100.0 cm³/mol. The van der Waals surface area contributed by atoms with E-state index in [4.69, 9.17) is 9.47 Å². The van der Waals surface area contributed by atoms with E-state index >= 15 is 0 Å². The van der Waals surface area contributed by atoms with Crippen LogP contribution in [-0.4, -0.2) is 56.8 Å². The number of amides is 1. The van der Waals surface area contributed by atoms with E-state index in [2.05, 4.69) is 24.1 Å². The van der Waals surface area contributed by atoms with Crippen molar-refractivity contribution in [2.75, 3.05) is 40.0 Å². The molecule has 0 saturated carbocycles. The van der Waals surface area contributed by atoms with Crippen LogP contribution in [0.4, 0.5) is 0 Å². The lowest BCUT2D eigenvalue weighted by Crippen LogP contribution is -2.52. The summed E-state index contributed by atoms with van der Waals surface area (Å²) in [4.78, 5) is 14.9. The minimum atomic E-state index is 0.0497. The Morgan fingerprint density at radius 2 is 1.92 bits per heavy atom. The molecule has 1 atom stereocenters. The van der Waals surface area contributed by atoms with E-state index < -0.39 is 0 Å². The van der Waals surface area contributed by atoms with Gasteiger partial charge in [-0.15, -0.1) is 0 Å². The first-order chi connectivity index (χ1) is 12.2. The number of ether oxygens (including phenoxy) is 2. The Bertz CT molecular complexity index is 525. The summed E-state index contributed by atoms with van der Waals surface area (Å²) >= 11 is 0. The van der Waals surface area contributed by atoms with Gasteiger partial charge in [-0.2, -0.15) is 0 Å². The minimum absolute atomic E-state index is 0.0497. The Balaban J connectivity index is 1.95. The highest BCUT2D eigenvalue weighted by atomic mass is 16.5. The second-order valence-corrected chi connectivity index (χ2v) is 6.58. The maximum absolute atomic E-state index is 12.5. The summed E-state index contributed by atoms with van der Waals surface area (Å²) < 4.78 is 10.8. The van der Waals surface area contributed by atoms with Crippen molar-refractivity contribution < 1.29 is 14.3 Å². The van der Waals surface area contributed by atoms with E-state index in [-0.39, 0.29) is 5.91 Å².